The van der Waals surface area contributed by atoms with Crippen molar-refractivity contribution in [1.82, 2.24) is 4.90 Å². The molecule has 0 radical (unpaired) electrons. The first-order chi connectivity index (χ1) is 12.0. The van der Waals surface area contributed by atoms with E-state index in [4.69, 9.17) is 16.7 Å². The maximum Gasteiger partial charge on any atom is 0.306 e. The predicted octanol–water partition coefficient (Wildman–Crippen LogP) is 4.50. The fourth-order valence-electron chi connectivity index (χ4n) is 3.36. The van der Waals surface area contributed by atoms with Crippen LogP contribution in [0.5, 0.6) is 0 Å². The van der Waals surface area contributed by atoms with Gasteiger partial charge in [0.1, 0.15) is 11.6 Å². The standard InChI is InChI=1S/C19H18ClF2NO2/c20-14-3-1-12(2-4-14)18(16-6-5-15(21)11-17(16)22)23-9-7-13(8-10-23)19(24)25/h1-6,11,13,18H,7-10H2,(H,24,25). The number of halogens is 3. The van der Waals surface area contributed by atoms with Gasteiger partial charge in [0.2, 0.25) is 0 Å². The molecule has 0 spiro atoms. The van der Waals surface area contributed by atoms with Crippen molar-refractivity contribution >= 4 is 17.6 Å². The molecule has 1 atom stereocenters. The molecular weight excluding hydrogens is 348 g/mol. The van der Waals surface area contributed by atoms with Crippen molar-refractivity contribution in [3.63, 3.8) is 0 Å². The van der Waals surface area contributed by atoms with Gasteiger partial charge in [-0.05, 0) is 49.7 Å². The lowest BCUT2D eigenvalue weighted by atomic mass is 9.91. The van der Waals surface area contributed by atoms with Crippen LogP contribution in [-0.2, 0) is 4.79 Å². The second-order valence-corrected chi connectivity index (χ2v) is 6.70. The molecular formula is C19H18ClF2NO2. The number of hydrogen-bond donors (Lipinski definition) is 1. The highest BCUT2D eigenvalue weighted by atomic mass is 35.5. The van der Waals surface area contributed by atoms with Crippen LogP contribution in [0.25, 0.3) is 0 Å². The first-order valence-corrected chi connectivity index (χ1v) is 8.51. The van der Waals surface area contributed by atoms with Gasteiger partial charge in [-0.1, -0.05) is 29.8 Å². The third kappa shape index (κ3) is 3.99. The highest BCUT2D eigenvalue weighted by Gasteiger charge is 2.31. The number of carbonyl (C=O) groups is 1. The van der Waals surface area contributed by atoms with Gasteiger partial charge in [-0.2, -0.15) is 0 Å². The quantitative estimate of drug-likeness (QED) is 0.867. The Morgan fingerprint density at radius 1 is 1.12 bits per heavy atom. The van der Waals surface area contributed by atoms with Gasteiger partial charge in [-0.25, -0.2) is 8.78 Å². The molecule has 2 aromatic carbocycles. The number of benzene rings is 2. The van der Waals surface area contributed by atoms with E-state index in [1.807, 2.05) is 17.0 Å². The van der Waals surface area contributed by atoms with E-state index in [-0.39, 0.29) is 5.92 Å². The first-order valence-electron chi connectivity index (χ1n) is 8.13. The van der Waals surface area contributed by atoms with Gasteiger partial charge in [0.25, 0.3) is 0 Å². The maximum absolute atomic E-state index is 14.4. The third-order valence-corrected chi connectivity index (χ3v) is 4.94. The topological polar surface area (TPSA) is 40.5 Å². The smallest absolute Gasteiger partial charge is 0.306 e. The van der Waals surface area contributed by atoms with Crippen molar-refractivity contribution < 1.29 is 18.7 Å². The molecule has 1 aliphatic rings. The van der Waals surface area contributed by atoms with Crippen molar-refractivity contribution in [1.29, 1.82) is 0 Å². The summed E-state index contributed by atoms with van der Waals surface area (Å²) in [5, 5.41) is 9.74. The lowest BCUT2D eigenvalue weighted by molar-refractivity contribution is -0.143. The molecule has 0 aliphatic carbocycles. The largest absolute Gasteiger partial charge is 0.481 e. The van der Waals surface area contributed by atoms with Crippen molar-refractivity contribution in [3.05, 3.63) is 70.2 Å². The molecule has 0 bridgehead atoms. The number of nitrogens with zero attached hydrogens (tertiary/aromatic N) is 1. The predicted molar refractivity (Wildman–Crippen MR) is 91.6 cm³/mol. The zero-order valence-electron chi connectivity index (χ0n) is 13.5. The van der Waals surface area contributed by atoms with Crippen molar-refractivity contribution in [2.75, 3.05) is 13.1 Å². The van der Waals surface area contributed by atoms with Crippen molar-refractivity contribution in [3.8, 4) is 0 Å². The number of rotatable bonds is 4. The van der Waals surface area contributed by atoms with Gasteiger partial charge in [0.05, 0.1) is 12.0 Å². The number of carboxylic acid groups (broad SMARTS) is 1. The van der Waals surface area contributed by atoms with Crippen LogP contribution in [0.1, 0.15) is 30.0 Å². The van der Waals surface area contributed by atoms with Crippen molar-refractivity contribution in [2.45, 2.75) is 18.9 Å². The van der Waals surface area contributed by atoms with Crippen LogP contribution in [0.15, 0.2) is 42.5 Å². The molecule has 25 heavy (non-hydrogen) atoms. The Morgan fingerprint density at radius 2 is 1.76 bits per heavy atom. The Kier molecular flexibility index (Phi) is 5.35. The van der Waals surface area contributed by atoms with E-state index < -0.39 is 23.6 Å². The molecule has 132 valence electrons. The summed E-state index contributed by atoms with van der Waals surface area (Å²) in [6, 6.07) is 10.3. The Balaban J connectivity index is 1.95. The van der Waals surface area contributed by atoms with Gasteiger partial charge < -0.3 is 5.11 Å². The van der Waals surface area contributed by atoms with Crippen LogP contribution in [0.4, 0.5) is 8.78 Å². The number of aliphatic carboxylic acids is 1. The molecule has 0 amide bonds. The zero-order valence-corrected chi connectivity index (χ0v) is 14.2. The van der Waals surface area contributed by atoms with Crippen LogP contribution >= 0.6 is 11.6 Å². The Bertz CT molecular complexity index is 759. The SMILES string of the molecule is O=C(O)C1CCN(C(c2ccc(Cl)cc2)c2ccc(F)cc2F)CC1. The average molecular weight is 366 g/mol. The Morgan fingerprint density at radius 3 is 2.32 bits per heavy atom. The Labute approximate surface area is 149 Å². The molecule has 1 aliphatic heterocycles. The molecule has 1 unspecified atom stereocenters. The number of hydrogen-bond acceptors (Lipinski definition) is 2. The second kappa shape index (κ2) is 7.50. The summed E-state index contributed by atoms with van der Waals surface area (Å²) in [6.07, 6.45) is 1.00. The van der Waals surface area contributed by atoms with Crippen molar-refractivity contribution in [2.24, 2.45) is 5.92 Å². The van der Waals surface area contributed by atoms with E-state index in [0.29, 0.717) is 36.5 Å². The summed E-state index contributed by atoms with van der Waals surface area (Å²) in [5.41, 5.74) is 1.21. The van der Waals surface area contributed by atoms with Gasteiger partial charge in [0.15, 0.2) is 0 Å². The summed E-state index contributed by atoms with van der Waals surface area (Å²) in [6.45, 7) is 1.06. The van der Waals surface area contributed by atoms with Crippen LogP contribution in [0, 0.1) is 17.6 Å². The van der Waals surface area contributed by atoms with E-state index >= 15 is 0 Å². The van der Waals surface area contributed by atoms with E-state index in [0.717, 1.165) is 11.6 Å². The average Bonchev–Trinajstić information content (AvgIpc) is 2.59. The van der Waals surface area contributed by atoms with Crippen LogP contribution < -0.4 is 0 Å². The minimum absolute atomic E-state index is 0.373. The second-order valence-electron chi connectivity index (χ2n) is 6.27. The highest BCUT2D eigenvalue weighted by molar-refractivity contribution is 6.30. The van der Waals surface area contributed by atoms with Gasteiger partial charge >= 0.3 is 5.97 Å². The van der Waals surface area contributed by atoms with E-state index in [1.165, 1.54) is 12.1 Å². The molecule has 1 saturated heterocycles. The van der Waals surface area contributed by atoms with E-state index in [9.17, 15) is 13.6 Å². The molecule has 1 N–H and O–H groups in total. The normalized spacial score (nSPS) is 17.4. The number of piperidine rings is 1. The minimum Gasteiger partial charge on any atom is -0.481 e. The van der Waals surface area contributed by atoms with E-state index in [2.05, 4.69) is 0 Å². The van der Waals surface area contributed by atoms with E-state index in [1.54, 1.807) is 12.1 Å². The maximum atomic E-state index is 14.4. The van der Waals surface area contributed by atoms with Crippen LogP contribution in [0.3, 0.4) is 0 Å². The fourth-order valence-corrected chi connectivity index (χ4v) is 3.49. The van der Waals surface area contributed by atoms with Gasteiger partial charge in [0, 0.05) is 16.7 Å². The first kappa shape index (κ1) is 17.8. The minimum atomic E-state index is -0.796. The Hall–Kier alpha value is -1.98. The summed E-state index contributed by atoms with van der Waals surface area (Å²) in [5.74, 6) is -2.41. The number of likely N-dealkylation sites (tertiary alicyclic amines) is 1. The molecule has 3 nitrogen and oxygen atoms in total. The molecule has 6 heteroatoms. The lowest BCUT2D eigenvalue weighted by Gasteiger charge is -2.37. The lowest BCUT2D eigenvalue weighted by Crippen LogP contribution is -2.39. The monoisotopic (exact) mass is 365 g/mol. The summed E-state index contributed by atoms with van der Waals surface area (Å²) in [4.78, 5) is 13.2. The van der Waals surface area contributed by atoms with Gasteiger partial charge in [-0.3, -0.25) is 9.69 Å². The fraction of sp³-hybridized carbons (Fsp3) is 0.316. The summed E-state index contributed by atoms with van der Waals surface area (Å²) < 4.78 is 27.8. The van der Waals surface area contributed by atoms with Crippen LogP contribution in [0.2, 0.25) is 5.02 Å². The highest BCUT2D eigenvalue weighted by Crippen LogP contribution is 2.34. The van der Waals surface area contributed by atoms with Crippen LogP contribution in [-0.4, -0.2) is 29.1 Å². The number of carboxylic acids is 1. The molecule has 1 fully saturated rings. The third-order valence-electron chi connectivity index (χ3n) is 4.69. The molecule has 0 aromatic heterocycles. The molecule has 3 rings (SSSR count). The molecule has 0 saturated carbocycles. The summed E-state index contributed by atoms with van der Waals surface area (Å²) >= 11 is 5.95. The summed E-state index contributed by atoms with van der Waals surface area (Å²) in [7, 11) is 0. The zero-order chi connectivity index (χ0) is 18.0. The molecule has 2 aromatic rings. The molecule has 1 heterocycles. The van der Waals surface area contributed by atoms with Gasteiger partial charge in [-0.15, -0.1) is 0 Å².